The molecule has 0 saturated heterocycles. The van der Waals surface area contributed by atoms with E-state index >= 15 is 0 Å². The second-order valence-electron chi connectivity index (χ2n) is 4.53. The van der Waals surface area contributed by atoms with E-state index < -0.39 is 21.5 Å². The maximum atomic E-state index is 12.2. The molecule has 0 saturated carbocycles. The standard InChI is InChI=1S/C13H19ClN2O3S/c1-3-10(4-2)16-13(17)8-20(18,19)12-7-9(15)5-6-11(12)14/h5-7,10H,3-4,8,15H2,1-2H3,(H,16,17). The Morgan fingerprint density at radius 2 is 1.95 bits per heavy atom. The fourth-order valence-electron chi connectivity index (χ4n) is 1.77. The number of anilines is 1. The number of carbonyl (C=O) groups is 1. The van der Waals surface area contributed by atoms with Crippen LogP contribution in [0, 0.1) is 0 Å². The van der Waals surface area contributed by atoms with Gasteiger partial charge in [0.25, 0.3) is 0 Å². The summed E-state index contributed by atoms with van der Waals surface area (Å²) in [5, 5.41) is 2.75. The van der Waals surface area contributed by atoms with E-state index in [9.17, 15) is 13.2 Å². The van der Waals surface area contributed by atoms with E-state index in [0.717, 1.165) is 12.8 Å². The summed E-state index contributed by atoms with van der Waals surface area (Å²) in [5.41, 5.74) is 5.84. The molecule has 0 atom stereocenters. The van der Waals surface area contributed by atoms with Crippen molar-refractivity contribution < 1.29 is 13.2 Å². The third-order valence-electron chi connectivity index (χ3n) is 2.96. The number of benzene rings is 1. The number of halogens is 1. The average Bonchev–Trinajstić information content (AvgIpc) is 2.38. The first-order valence-corrected chi connectivity index (χ1v) is 8.40. The minimum Gasteiger partial charge on any atom is -0.399 e. The molecule has 5 nitrogen and oxygen atoms in total. The van der Waals surface area contributed by atoms with Crippen molar-refractivity contribution in [1.29, 1.82) is 0 Å². The number of hydrogen-bond donors (Lipinski definition) is 2. The lowest BCUT2D eigenvalue weighted by atomic mass is 10.2. The summed E-state index contributed by atoms with van der Waals surface area (Å²) in [6, 6.07) is 4.16. The van der Waals surface area contributed by atoms with Crippen LogP contribution in [0.25, 0.3) is 0 Å². The Morgan fingerprint density at radius 3 is 2.50 bits per heavy atom. The third-order valence-corrected chi connectivity index (χ3v) is 5.05. The largest absolute Gasteiger partial charge is 0.399 e. The first-order chi connectivity index (χ1) is 9.30. The highest BCUT2D eigenvalue weighted by Gasteiger charge is 2.23. The summed E-state index contributed by atoms with van der Waals surface area (Å²) in [6.07, 6.45) is 1.50. The van der Waals surface area contributed by atoms with Gasteiger partial charge in [-0.15, -0.1) is 0 Å². The van der Waals surface area contributed by atoms with Crippen LogP contribution < -0.4 is 11.1 Å². The van der Waals surface area contributed by atoms with Crippen LogP contribution in [0.15, 0.2) is 23.1 Å². The van der Waals surface area contributed by atoms with Crippen LogP contribution in [0.3, 0.4) is 0 Å². The van der Waals surface area contributed by atoms with Gasteiger partial charge in [-0.25, -0.2) is 8.42 Å². The van der Waals surface area contributed by atoms with Gasteiger partial charge in [-0.3, -0.25) is 4.79 Å². The molecule has 0 radical (unpaired) electrons. The normalized spacial score (nSPS) is 11.6. The van der Waals surface area contributed by atoms with Gasteiger partial charge in [-0.2, -0.15) is 0 Å². The zero-order valence-electron chi connectivity index (χ0n) is 11.5. The molecular weight excluding hydrogens is 300 g/mol. The lowest BCUT2D eigenvalue weighted by Crippen LogP contribution is -2.37. The SMILES string of the molecule is CCC(CC)NC(=O)CS(=O)(=O)c1cc(N)ccc1Cl. The van der Waals surface area contributed by atoms with Crippen LogP contribution in [-0.2, 0) is 14.6 Å². The number of rotatable bonds is 6. The van der Waals surface area contributed by atoms with Crippen LogP contribution >= 0.6 is 11.6 Å². The van der Waals surface area contributed by atoms with Gasteiger partial charge in [0.15, 0.2) is 9.84 Å². The Labute approximate surface area is 124 Å². The van der Waals surface area contributed by atoms with Crippen LogP contribution in [-0.4, -0.2) is 26.1 Å². The maximum absolute atomic E-state index is 12.2. The van der Waals surface area contributed by atoms with Crippen LogP contribution in [0.1, 0.15) is 26.7 Å². The molecule has 1 rings (SSSR count). The molecule has 1 aromatic carbocycles. The quantitative estimate of drug-likeness (QED) is 0.785. The summed E-state index contributed by atoms with van der Waals surface area (Å²) >= 11 is 5.86. The number of nitrogen functional groups attached to an aromatic ring is 1. The van der Waals surface area contributed by atoms with Crippen molar-refractivity contribution in [3.8, 4) is 0 Å². The molecule has 7 heteroatoms. The zero-order chi connectivity index (χ0) is 15.3. The zero-order valence-corrected chi connectivity index (χ0v) is 13.1. The molecule has 0 aromatic heterocycles. The smallest absolute Gasteiger partial charge is 0.235 e. The molecule has 112 valence electrons. The molecule has 0 heterocycles. The van der Waals surface area contributed by atoms with E-state index in [4.69, 9.17) is 17.3 Å². The molecule has 20 heavy (non-hydrogen) atoms. The minimum absolute atomic E-state index is 0.0194. The van der Waals surface area contributed by atoms with Crippen LogP contribution in [0.4, 0.5) is 5.69 Å². The van der Waals surface area contributed by atoms with Gasteiger partial charge in [-0.1, -0.05) is 25.4 Å². The van der Waals surface area contributed by atoms with Gasteiger partial charge in [0.1, 0.15) is 5.75 Å². The van der Waals surface area contributed by atoms with Gasteiger partial charge in [0.05, 0.1) is 9.92 Å². The average molecular weight is 319 g/mol. The van der Waals surface area contributed by atoms with Crippen molar-refractivity contribution in [3.63, 3.8) is 0 Å². The lowest BCUT2D eigenvalue weighted by Gasteiger charge is -2.15. The van der Waals surface area contributed by atoms with Gasteiger partial charge in [0.2, 0.25) is 5.91 Å². The molecule has 3 N–H and O–H groups in total. The minimum atomic E-state index is -3.80. The number of sulfone groups is 1. The number of nitrogens with two attached hydrogens (primary N) is 1. The van der Waals surface area contributed by atoms with Crippen molar-refractivity contribution >= 4 is 33.0 Å². The van der Waals surface area contributed by atoms with Gasteiger partial charge in [-0.05, 0) is 31.0 Å². The van der Waals surface area contributed by atoms with Crippen LogP contribution in [0.5, 0.6) is 0 Å². The van der Waals surface area contributed by atoms with Crippen molar-refractivity contribution in [3.05, 3.63) is 23.2 Å². The predicted molar refractivity (Wildman–Crippen MR) is 80.4 cm³/mol. The second kappa shape index (κ2) is 6.95. The molecule has 0 fully saturated rings. The van der Waals surface area contributed by atoms with E-state index in [2.05, 4.69) is 5.32 Å². The fraction of sp³-hybridized carbons (Fsp3) is 0.462. The molecule has 1 amide bonds. The van der Waals surface area contributed by atoms with E-state index in [1.165, 1.54) is 18.2 Å². The molecule has 1 aromatic rings. The van der Waals surface area contributed by atoms with Crippen LogP contribution in [0.2, 0.25) is 5.02 Å². The predicted octanol–water partition coefficient (Wildman–Crippen LogP) is 2.00. The van der Waals surface area contributed by atoms with E-state index in [0.29, 0.717) is 0 Å². The van der Waals surface area contributed by atoms with E-state index in [1.54, 1.807) is 0 Å². The summed E-state index contributed by atoms with van der Waals surface area (Å²) in [4.78, 5) is 11.7. The highest BCUT2D eigenvalue weighted by atomic mass is 35.5. The molecule has 0 aliphatic carbocycles. The van der Waals surface area contributed by atoms with Gasteiger partial charge < -0.3 is 11.1 Å². The second-order valence-corrected chi connectivity index (χ2v) is 6.90. The Kier molecular flexibility index (Phi) is 5.83. The lowest BCUT2D eigenvalue weighted by molar-refractivity contribution is -0.119. The monoisotopic (exact) mass is 318 g/mol. The Balaban J connectivity index is 2.90. The molecule has 0 aliphatic rings. The highest BCUT2D eigenvalue weighted by molar-refractivity contribution is 7.92. The first-order valence-electron chi connectivity index (χ1n) is 6.37. The Morgan fingerprint density at radius 1 is 1.35 bits per heavy atom. The van der Waals surface area contributed by atoms with E-state index in [1.807, 2.05) is 13.8 Å². The first kappa shape index (κ1) is 16.8. The molecule has 0 unspecified atom stereocenters. The highest BCUT2D eigenvalue weighted by Crippen LogP contribution is 2.24. The van der Waals surface area contributed by atoms with E-state index in [-0.39, 0.29) is 21.6 Å². The van der Waals surface area contributed by atoms with Crippen molar-refractivity contribution in [2.24, 2.45) is 0 Å². The Hall–Kier alpha value is -1.27. The van der Waals surface area contributed by atoms with Crippen molar-refractivity contribution in [1.82, 2.24) is 5.32 Å². The van der Waals surface area contributed by atoms with Crippen molar-refractivity contribution in [2.45, 2.75) is 37.6 Å². The summed E-state index contributed by atoms with van der Waals surface area (Å²) in [5.74, 6) is -1.16. The number of carbonyl (C=O) groups excluding carboxylic acids is 1. The van der Waals surface area contributed by atoms with Crippen molar-refractivity contribution in [2.75, 3.05) is 11.5 Å². The summed E-state index contributed by atoms with van der Waals surface area (Å²) in [6.45, 7) is 3.86. The third kappa shape index (κ3) is 4.38. The molecular formula is C13H19ClN2O3S. The topological polar surface area (TPSA) is 89.3 Å². The molecule has 0 bridgehead atoms. The summed E-state index contributed by atoms with van der Waals surface area (Å²) in [7, 11) is -3.80. The molecule has 0 aliphatic heterocycles. The van der Waals surface area contributed by atoms with Gasteiger partial charge in [0, 0.05) is 11.7 Å². The fourth-order valence-corrected chi connectivity index (χ4v) is 3.51. The number of hydrogen-bond acceptors (Lipinski definition) is 4. The van der Waals surface area contributed by atoms with Gasteiger partial charge >= 0.3 is 0 Å². The number of nitrogens with one attached hydrogen (secondary N) is 1. The maximum Gasteiger partial charge on any atom is 0.235 e. The molecule has 0 spiro atoms. The number of amides is 1. The summed E-state index contributed by atoms with van der Waals surface area (Å²) < 4.78 is 24.3. The Bertz CT molecular complexity index is 583.